The molecule has 0 amide bonds. The fourth-order valence-corrected chi connectivity index (χ4v) is 4.09. The van der Waals surface area contributed by atoms with E-state index in [2.05, 4.69) is 4.90 Å². The monoisotopic (exact) mass is 437 g/mol. The van der Waals surface area contributed by atoms with Crippen LogP contribution in [0, 0.1) is 0 Å². The van der Waals surface area contributed by atoms with Crippen LogP contribution < -0.4 is 9.64 Å². The highest BCUT2D eigenvalue weighted by Crippen LogP contribution is 2.40. The van der Waals surface area contributed by atoms with Gasteiger partial charge in [0.05, 0.1) is 31.6 Å². The second-order valence-electron chi connectivity index (χ2n) is 7.15. The number of halogens is 4. The number of rotatable bonds is 3. The smallest absolute Gasteiger partial charge is 0.417 e. The molecule has 2 aliphatic rings. The van der Waals surface area contributed by atoms with Crippen LogP contribution in [0.25, 0.3) is 6.08 Å². The van der Waals surface area contributed by atoms with Crippen LogP contribution in [0.15, 0.2) is 35.9 Å². The summed E-state index contributed by atoms with van der Waals surface area (Å²) in [6, 6.07) is 7.15. The number of allylic oxidation sites excluding steroid dienone is 1. The molecule has 0 unspecified atom stereocenters. The van der Waals surface area contributed by atoms with Crippen molar-refractivity contribution in [2.24, 2.45) is 0 Å². The Morgan fingerprint density at radius 1 is 1.20 bits per heavy atom. The Labute approximate surface area is 176 Å². The largest absolute Gasteiger partial charge is 0.495 e. The van der Waals surface area contributed by atoms with Crippen molar-refractivity contribution in [3.8, 4) is 5.75 Å². The topological polar surface area (TPSA) is 38.8 Å². The molecule has 1 aliphatic heterocycles. The number of carbonyl (C=O) groups is 1. The first-order valence-corrected chi connectivity index (χ1v) is 9.82. The number of nitrogens with zero attached hydrogens (tertiary/aromatic N) is 1. The highest BCUT2D eigenvalue weighted by molar-refractivity contribution is 6.32. The highest BCUT2D eigenvalue weighted by atomic mass is 35.5. The van der Waals surface area contributed by atoms with E-state index < -0.39 is 11.7 Å². The average Bonchev–Trinajstić information content (AvgIpc) is 3.03. The van der Waals surface area contributed by atoms with Crippen LogP contribution in [0.5, 0.6) is 5.75 Å². The molecule has 158 valence electrons. The maximum Gasteiger partial charge on any atom is 0.417 e. The molecule has 1 aliphatic carbocycles. The lowest BCUT2D eigenvalue weighted by molar-refractivity contribution is -0.137. The lowest BCUT2D eigenvalue weighted by Crippen LogP contribution is -2.36. The maximum absolute atomic E-state index is 13.4. The lowest BCUT2D eigenvalue weighted by Gasteiger charge is -2.30. The summed E-state index contributed by atoms with van der Waals surface area (Å²) in [7, 11) is 1.53. The van der Waals surface area contributed by atoms with E-state index in [-0.39, 0.29) is 28.4 Å². The summed E-state index contributed by atoms with van der Waals surface area (Å²) < 4.78 is 51.1. The second-order valence-corrected chi connectivity index (χ2v) is 7.56. The molecule has 2 aromatic rings. The Bertz CT molecular complexity index is 1030. The van der Waals surface area contributed by atoms with E-state index >= 15 is 0 Å². The number of ketones is 1. The Kier molecular flexibility index (Phi) is 5.51. The Morgan fingerprint density at radius 2 is 1.93 bits per heavy atom. The van der Waals surface area contributed by atoms with Gasteiger partial charge in [0.15, 0.2) is 5.78 Å². The SMILES string of the molecule is COc1cc2c(cc1N1CCOCC1)C/C(=C\c1c(Cl)cccc1C(F)(F)F)C2=O. The van der Waals surface area contributed by atoms with Gasteiger partial charge in [-0.05, 0) is 35.9 Å². The molecule has 0 aromatic heterocycles. The number of benzene rings is 2. The predicted molar refractivity (Wildman–Crippen MR) is 108 cm³/mol. The first kappa shape index (κ1) is 20.8. The standard InChI is InChI=1S/C22H19ClF3NO3/c1-29-20-12-15-13(11-19(20)27-5-7-30-8-6-27)9-14(21(15)28)10-16-17(22(24,25)26)3-2-4-18(16)23/h2-4,10-12H,5-9H2,1H3/b14-10+. The van der Waals surface area contributed by atoms with E-state index in [0.29, 0.717) is 37.6 Å². The molecule has 4 rings (SSSR count). The van der Waals surface area contributed by atoms with E-state index in [1.807, 2.05) is 6.07 Å². The molecule has 0 saturated carbocycles. The van der Waals surface area contributed by atoms with Gasteiger partial charge in [-0.25, -0.2) is 0 Å². The number of fused-ring (bicyclic) bond motifs is 1. The van der Waals surface area contributed by atoms with Gasteiger partial charge >= 0.3 is 6.18 Å². The van der Waals surface area contributed by atoms with Gasteiger partial charge in [0, 0.05) is 41.2 Å². The molecule has 2 aromatic carbocycles. The van der Waals surface area contributed by atoms with Crippen LogP contribution in [0.2, 0.25) is 5.02 Å². The van der Waals surface area contributed by atoms with E-state index in [1.54, 1.807) is 6.07 Å². The van der Waals surface area contributed by atoms with Gasteiger partial charge in [0.1, 0.15) is 5.75 Å². The summed E-state index contributed by atoms with van der Waals surface area (Å²) in [5, 5.41) is -0.0485. The molecule has 1 fully saturated rings. The number of anilines is 1. The Morgan fingerprint density at radius 3 is 2.60 bits per heavy atom. The number of methoxy groups -OCH3 is 1. The number of alkyl halides is 3. The zero-order valence-electron chi connectivity index (χ0n) is 16.2. The number of ether oxygens (including phenoxy) is 2. The Hall–Kier alpha value is -2.51. The van der Waals surface area contributed by atoms with Crippen molar-refractivity contribution >= 4 is 29.1 Å². The van der Waals surface area contributed by atoms with Crippen molar-refractivity contribution in [3.05, 3.63) is 63.2 Å². The predicted octanol–water partition coefficient (Wildman–Crippen LogP) is 5.03. The fourth-order valence-electron chi connectivity index (χ4n) is 3.86. The zero-order chi connectivity index (χ0) is 21.5. The lowest BCUT2D eigenvalue weighted by atomic mass is 10.0. The van der Waals surface area contributed by atoms with E-state index in [1.165, 1.54) is 25.3 Å². The van der Waals surface area contributed by atoms with Gasteiger partial charge in [-0.15, -0.1) is 0 Å². The van der Waals surface area contributed by atoms with Crippen molar-refractivity contribution in [1.29, 1.82) is 0 Å². The minimum absolute atomic E-state index is 0.0485. The number of hydrogen-bond acceptors (Lipinski definition) is 4. The van der Waals surface area contributed by atoms with Crippen LogP contribution in [-0.4, -0.2) is 39.2 Å². The second kappa shape index (κ2) is 7.96. The zero-order valence-corrected chi connectivity index (χ0v) is 16.9. The van der Waals surface area contributed by atoms with Crippen LogP contribution in [0.4, 0.5) is 18.9 Å². The number of carbonyl (C=O) groups excluding carboxylic acids is 1. The molecule has 0 radical (unpaired) electrons. The van der Waals surface area contributed by atoms with Gasteiger partial charge in [-0.3, -0.25) is 4.79 Å². The minimum atomic E-state index is -4.57. The molecular formula is C22H19ClF3NO3. The van der Waals surface area contributed by atoms with Gasteiger partial charge < -0.3 is 14.4 Å². The van der Waals surface area contributed by atoms with Gasteiger partial charge in [-0.1, -0.05) is 17.7 Å². The van der Waals surface area contributed by atoms with Gasteiger partial charge in [0.2, 0.25) is 0 Å². The summed E-state index contributed by atoms with van der Waals surface area (Å²) in [6.07, 6.45) is -3.08. The molecule has 8 heteroatoms. The number of Topliss-reactive ketones (excluding diaryl/α,β-unsaturated/α-hetero) is 1. The van der Waals surface area contributed by atoms with Crippen molar-refractivity contribution in [3.63, 3.8) is 0 Å². The molecule has 30 heavy (non-hydrogen) atoms. The summed E-state index contributed by atoms with van der Waals surface area (Å²) in [6.45, 7) is 2.58. The van der Waals surface area contributed by atoms with Crippen molar-refractivity contribution in [2.75, 3.05) is 38.3 Å². The van der Waals surface area contributed by atoms with Crippen LogP contribution in [0.3, 0.4) is 0 Å². The third-order valence-corrected chi connectivity index (χ3v) is 5.68. The maximum atomic E-state index is 13.4. The van der Waals surface area contributed by atoms with E-state index in [9.17, 15) is 18.0 Å². The van der Waals surface area contributed by atoms with Crippen molar-refractivity contribution in [2.45, 2.75) is 12.6 Å². The summed E-state index contributed by atoms with van der Waals surface area (Å²) in [5.74, 6) is 0.240. The van der Waals surface area contributed by atoms with Crippen molar-refractivity contribution in [1.82, 2.24) is 0 Å². The third kappa shape index (κ3) is 3.79. The molecule has 4 nitrogen and oxygen atoms in total. The summed E-state index contributed by atoms with van der Waals surface area (Å²) in [5.41, 5.74) is 1.26. The summed E-state index contributed by atoms with van der Waals surface area (Å²) in [4.78, 5) is 15.1. The molecule has 1 heterocycles. The van der Waals surface area contributed by atoms with Gasteiger partial charge in [0.25, 0.3) is 0 Å². The minimum Gasteiger partial charge on any atom is -0.495 e. The summed E-state index contributed by atoms with van der Waals surface area (Å²) >= 11 is 6.05. The molecule has 0 spiro atoms. The molecule has 0 bridgehead atoms. The normalized spacial score (nSPS) is 18.1. The van der Waals surface area contributed by atoms with E-state index in [0.717, 1.165) is 17.3 Å². The molecule has 0 N–H and O–H groups in total. The fraction of sp³-hybridized carbons (Fsp3) is 0.318. The molecule has 0 atom stereocenters. The number of morpholine rings is 1. The first-order chi connectivity index (χ1) is 14.3. The highest BCUT2D eigenvalue weighted by Gasteiger charge is 2.35. The van der Waals surface area contributed by atoms with Crippen LogP contribution >= 0.6 is 11.6 Å². The quantitative estimate of drug-likeness (QED) is 0.632. The molecular weight excluding hydrogens is 419 g/mol. The molecule has 1 saturated heterocycles. The van der Waals surface area contributed by atoms with Crippen LogP contribution in [0.1, 0.15) is 27.0 Å². The van der Waals surface area contributed by atoms with Crippen molar-refractivity contribution < 1.29 is 27.4 Å². The van der Waals surface area contributed by atoms with Crippen LogP contribution in [-0.2, 0) is 17.3 Å². The average molecular weight is 438 g/mol. The third-order valence-electron chi connectivity index (χ3n) is 5.35. The van der Waals surface area contributed by atoms with E-state index in [4.69, 9.17) is 21.1 Å². The Balaban J connectivity index is 1.74. The first-order valence-electron chi connectivity index (χ1n) is 9.44. The number of hydrogen-bond donors (Lipinski definition) is 0. The van der Waals surface area contributed by atoms with Gasteiger partial charge in [-0.2, -0.15) is 13.2 Å².